The lowest BCUT2D eigenvalue weighted by atomic mass is 9.85. The Morgan fingerprint density at radius 2 is 1.92 bits per heavy atom. The lowest BCUT2D eigenvalue weighted by Gasteiger charge is -2.24. The number of rotatable bonds is 2. The molecule has 3 N–H and O–H groups in total. The van der Waals surface area contributed by atoms with Gasteiger partial charge in [0.25, 0.3) is 5.91 Å². The molecule has 0 unspecified atom stereocenters. The smallest absolute Gasteiger partial charge is 0.253 e. The third-order valence-corrected chi connectivity index (χ3v) is 4.84. The van der Waals surface area contributed by atoms with Crippen molar-refractivity contribution in [2.75, 3.05) is 10.6 Å². The average Bonchev–Trinajstić information content (AvgIpc) is 3.07. The van der Waals surface area contributed by atoms with Gasteiger partial charge in [0.15, 0.2) is 0 Å². The van der Waals surface area contributed by atoms with Gasteiger partial charge < -0.3 is 15.6 Å². The summed E-state index contributed by atoms with van der Waals surface area (Å²) in [5.41, 5.74) is 5.87. The van der Waals surface area contributed by atoms with Crippen molar-refractivity contribution in [3.05, 3.63) is 71.6 Å². The molecule has 1 aromatic heterocycles. The van der Waals surface area contributed by atoms with E-state index in [1.54, 1.807) is 0 Å². The summed E-state index contributed by atoms with van der Waals surface area (Å²) >= 11 is 0. The summed E-state index contributed by atoms with van der Waals surface area (Å²) < 4.78 is 0. The molecule has 4 rings (SSSR count). The van der Waals surface area contributed by atoms with E-state index in [1.165, 1.54) is 0 Å². The molecule has 4 nitrogen and oxygen atoms in total. The molecule has 0 bridgehead atoms. The number of carbonyl (C=O) groups is 1. The number of nitrogens with one attached hydrogen (secondary N) is 3. The largest absolute Gasteiger partial charge is 0.361 e. The Labute approximate surface area is 153 Å². The van der Waals surface area contributed by atoms with Crippen LogP contribution in [0.5, 0.6) is 0 Å². The van der Waals surface area contributed by atoms with Crippen molar-refractivity contribution < 1.29 is 4.79 Å². The first kappa shape index (κ1) is 16.5. The van der Waals surface area contributed by atoms with E-state index in [0.29, 0.717) is 6.42 Å². The highest BCUT2D eigenvalue weighted by Gasteiger charge is 2.22. The predicted molar refractivity (Wildman–Crippen MR) is 107 cm³/mol. The molecule has 0 fully saturated rings. The molecule has 1 aliphatic rings. The van der Waals surface area contributed by atoms with Gasteiger partial charge in [0, 0.05) is 41.3 Å². The number of anilines is 2. The van der Waals surface area contributed by atoms with Crippen molar-refractivity contribution in [2.45, 2.75) is 32.6 Å². The molecule has 0 radical (unpaired) electrons. The van der Waals surface area contributed by atoms with E-state index in [9.17, 15) is 4.79 Å². The van der Waals surface area contributed by atoms with Crippen LogP contribution in [-0.2, 0) is 16.6 Å². The van der Waals surface area contributed by atoms with Gasteiger partial charge in [-0.2, -0.15) is 0 Å². The Hall–Kier alpha value is -3.01. The predicted octanol–water partition coefficient (Wildman–Crippen LogP) is 4.96. The Morgan fingerprint density at radius 1 is 1.12 bits per heavy atom. The fraction of sp³-hybridized carbons (Fsp3) is 0.227. The van der Waals surface area contributed by atoms with Gasteiger partial charge in [0.05, 0.1) is 0 Å². The molecule has 0 aliphatic carbocycles. The van der Waals surface area contributed by atoms with Crippen LogP contribution in [0.2, 0.25) is 0 Å². The lowest BCUT2D eigenvalue weighted by Crippen LogP contribution is -2.22. The van der Waals surface area contributed by atoms with E-state index in [4.69, 9.17) is 0 Å². The quantitative estimate of drug-likeness (QED) is 0.615. The molecule has 2 aromatic carbocycles. The zero-order valence-electron chi connectivity index (χ0n) is 15.3. The number of hydrogen-bond acceptors (Lipinski definition) is 2. The van der Waals surface area contributed by atoms with Gasteiger partial charge in [0.2, 0.25) is 0 Å². The maximum atomic E-state index is 12.9. The molecular formula is C22H23N3O. The van der Waals surface area contributed by atoms with Crippen LogP contribution in [0.15, 0.2) is 60.4 Å². The van der Waals surface area contributed by atoms with Gasteiger partial charge in [-0.3, -0.25) is 4.79 Å². The zero-order chi connectivity index (χ0) is 18.3. The number of amides is 1. The van der Waals surface area contributed by atoms with Crippen LogP contribution in [0, 0.1) is 0 Å². The molecule has 0 atom stereocenters. The standard InChI is InChI=1S/C22H23N3O/c1-22(2,3)17-11-15-8-9-23-19(15)12-20(17)25-21(26)16-10-14-6-4-5-7-18(14)24-13-16/h4-9,11-13,23-24H,10H2,1-3H3,(H,25,26). The lowest BCUT2D eigenvalue weighted by molar-refractivity contribution is -0.112. The first-order valence-corrected chi connectivity index (χ1v) is 8.88. The molecule has 0 saturated carbocycles. The number of benzene rings is 2. The minimum Gasteiger partial charge on any atom is -0.361 e. The molecule has 26 heavy (non-hydrogen) atoms. The summed E-state index contributed by atoms with van der Waals surface area (Å²) in [4.78, 5) is 16.1. The molecule has 0 spiro atoms. The Balaban J connectivity index is 1.65. The molecule has 4 heteroatoms. The number of hydrogen-bond donors (Lipinski definition) is 3. The monoisotopic (exact) mass is 345 g/mol. The number of H-pyrrole nitrogens is 1. The zero-order valence-corrected chi connectivity index (χ0v) is 15.3. The van der Waals surface area contributed by atoms with Crippen molar-refractivity contribution in [3.8, 4) is 0 Å². The van der Waals surface area contributed by atoms with Gasteiger partial charge in [0.1, 0.15) is 0 Å². The van der Waals surface area contributed by atoms with Crippen molar-refractivity contribution in [1.82, 2.24) is 4.98 Å². The van der Waals surface area contributed by atoms with Crippen LogP contribution in [-0.4, -0.2) is 10.9 Å². The highest BCUT2D eigenvalue weighted by molar-refractivity contribution is 6.06. The van der Waals surface area contributed by atoms with Gasteiger partial charge in [-0.25, -0.2) is 0 Å². The number of fused-ring (bicyclic) bond motifs is 2. The molecular weight excluding hydrogens is 322 g/mol. The molecule has 132 valence electrons. The topological polar surface area (TPSA) is 56.9 Å². The van der Waals surface area contributed by atoms with Crippen molar-refractivity contribution >= 4 is 28.2 Å². The first-order chi connectivity index (χ1) is 12.4. The summed E-state index contributed by atoms with van der Waals surface area (Å²) in [6.45, 7) is 6.48. The maximum absolute atomic E-state index is 12.9. The fourth-order valence-corrected chi connectivity index (χ4v) is 3.41. The normalized spacial score (nSPS) is 13.7. The van der Waals surface area contributed by atoms with Crippen LogP contribution < -0.4 is 10.6 Å². The minimum absolute atomic E-state index is 0.0663. The molecule has 1 amide bonds. The summed E-state index contributed by atoms with van der Waals surface area (Å²) in [5, 5.41) is 7.51. The Kier molecular flexibility index (Phi) is 3.83. The second-order valence-electron chi connectivity index (χ2n) is 7.81. The number of carbonyl (C=O) groups excluding carboxylic acids is 1. The van der Waals surface area contributed by atoms with Crippen LogP contribution in [0.25, 0.3) is 10.9 Å². The van der Waals surface area contributed by atoms with Crippen molar-refractivity contribution in [1.29, 1.82) is 0 Å². The third-order valence-electron chi connectivity index (χ3n) is 4.84. The van der Waals surface area contributed by atoms with E-state index in [2.05, 4.69) is 48.5 Å². The second kappa shape index (κ2) is 6.06. The van der Waals surface area contributed by atoms with Crippen LogP contribution in [0.1, 0.15) is 31.9 Å². The molecule has 2 heterocycles. The highest BCUT2D eigenvalue weighted by Crippen LogP contribution is 2.34. The maximum Gasteiger partial charge on any atom is 0.253 e. The SMILES string of the molecule is CC(C)(C)c1cc2cc[nH]c2cc1NC(=O)C1=CNc2ccccc2C1. The van der Waals surface area contributed by atoms with E-state index in [1.807, 2.05) is 42.7 Å². The Bertz CT molecular complexity index is 1020. The van der Waals surface area contributed by atoms with E-state index in [0.717, 1.165) is 39.0 Å². The van der Waals surface area contributed by atoms with Gasteiger partial charge >= 0.3 is 0 Å². The fourth-order valence-electron chi connectivity index (χ4n) is 3.41. The minimum atomic E-state index is -0.0696. The average molecular weight is 345 g/mol. The highest BCUT2D eigenvalue weighted by atomic mass is 16.1. The van der Waals surface area contributed by atoms with E-state index in [-0.39, 0.29) is 11.3 Å². The second-order valence-corrected chi connectivity index (χ2v) is 7.81. The number of aromatic nitrogens is 1. The molecule has 0 saturated heterocycles. The van der Waals surface area contributed by atoms with Gasteiger partial charge in [-0.1, -0.05) is 39.0 Å². The number of para-hydroxylation sites is 1. The van der Waals surface area contributed by atoms with Crippen LogP contribution in [0.4, 0.5) is 11.4 Å². The summed E-state index contributed by atoms with van der Waals surface area (Å²) in [6, 6.07) is 14.3. The molecule has 3 aromatic rings. The van der Waals surface area contributed by atoms with Crippen molar-refractivity contribution in [3.63, 3.8) is 0 Å². The van der Waals surface area contributed by atoms with Gasteiger partial charge in [-0.05, 0) is 46.2 Å². The summed E-state index contributed by atoms with van der Waals surface area (Å²) in [6.07, 6.45) is 4.36. The van der Waals surface area contributed by atoms with E-state index >= 15 is 0 Å². The summed E-state index contributed by atoms with van der Waals surface area (Å²) in [5.74, 6) is -0.0663. The number of aromatic amines is 1. The van der Waals surface area contributed by atoms with Gasteiger partial charge in [-0.15, -0.1) is 0 Å². The van der Waals surface area contributed by atoms with Crippen molar-refractivity contribution in [2.24, 2.45) is 0 Å². The first-order valence-electron chi connectivity index (χ1n) is 8.88. The Morgan fingerprint density at radius 3 is 2.73 bits per heavy atom. The van der Waals surface area contributed by atoms with Crippen LogP contribution in [0.3, 0.4) is 0 Å². The summed E-state index contributed by atoms with van der Waals surface area (Å²) in [7, 11) is 0. The molecule has 1 aliphatic heterocycles. The van der Waals surface area contributed by atoms with Crippen LogP contribution >= 0.6 is 0 Å². The third kappa shape index (κ3) is 2.99. The van der Waals surface area contributed by atoms with E-state index < -0.39 is 0 Å².